The SMILES string of the molecule is NCC(NC(=O)CCc1nc(-c2ccoc2)no1)C1CC1. The second kappa shape index (κ2) is 6.09. The molecule has 1 unspecified atom stereocenters. The number of carbonyl (C=O) groups excluding carboxylic acids is 1. The Kier molecular flexibility index (Phi) is 4.01. The Morgan fingerprint density at radius 1 is 1.52 bits per heavy atom. The number of hydrogen-bond acceptors (Lipinski definition) is 6. The van der Waals surface area contributed by atoms with Crippen LogP contribution in [-0.4, -0.2) is 28.6 Å². The van der Waals surface area contributed by atoms with Crippen LogP contribution in [0.1, 0.15) is 25.2 Å². The van der Waals surface area contributed by atoms with E-state index in [-0.39, 0.29) is 11.9 Å². The third kappa shape index (κ3) is 3.49. The van der Waals surface area contributed by atoms with Crippen LogP contribution in [0.2, 0.25) is 0 Å². The van der Waals surface area contributed by atoms with Gasteiger partial charge >= 0.3 is 0 Å². The highest BCUT2D eigenvalue weighted by atomic mass is 16.5. The van der Waals surface area contributed by atoms with Crippen molar-refractivity contribution in [3.63, 3.8) is 0 Å². The van der Waals surface area contributed by atoms with Crippen molar-refractivity contribution in [1.29, 1.82) is 0 Å². The maximum Gasteiger partial charge on any atom is 0.227 e. The Balaban J connectivity index is 1.49. The molecule has 1 aliphatic carbocycles. The summed E-state index contributed by atoms with van der Waals surface area (Å²) in [6.07, 6.45) is 6.13. The first-order valence-electron chi connectivity index (χ1n) is 7.11. The van der Waals surface area contributed by atoms with Crippen molar-refractivity contribution < 1.29 is 13.7 Å². The van der Waals surface area contributed by atoms with Gasteiger partial charge in [0.25, 0.3) is 0 Å². The number of furan rings is 1. The van der Waals surface area contributed by atoms with Gasteiger partial charge in [0.15, 0.2) is 0 Å². The Morgan fingerprint density at radius 2 is 2.38 bits per heavy atom. The van der Waals surface area contributed by atoms with E-state index >= 15 is 0 Å². The van der Waals surface area contributed by atoms with Crippen LogP contribution in [-0.2, 0) is 11.2 Å². The molecule has 7 nitrogen and oxygen atoms in total. The van der Waals surface area contributed by atoms with Gasteiger partial charge in [0.1, 0.15) is 6.26 Å². The maximum absolute atomic E-state index is 11.9. The van der Waals surface area contributed by atoms with Gasteiger partial charge in [0.2, 0.25) is 17.6 Å². The number of nitrogens with two attached hydrogens (primary N) is 1. The molecule has 7 heteroatoms. The lowest BCUT2D eigenvalue weighted by Gasteiger charge is -2.15. The van der Waals surface area contributed by atoms with E-state index in [1.165, 1.54) is 0 Å². The van der Waals surface area contributed by atoms with E-state index in [2.05, 4.69) is 15.5 Å². The molecule has 112 valence electrons. The quantitative estimate of drug-likeness (QED) is 0.791. The summed E-state index contributed by atoms with van der Waals surface area (Å²) in [5.74, 6) is 1.43. The number of aryl methyl sites for hydroxylation is 1. The van der Waals surface area contributed by atoms with Gasteiger partial charge in [0, 0.05) is 25.4 Å². The van der Waals surface area contributed by atoms with E-state index in [1.54, 1.807) is 18.6 Å². The minimum absolute atomic E-state index is 0.0274. The average Bonchev–Trinajstić information content (AvgIpc) is 3.01. The molecular weight excluding hydrogens is 272 g/mol. The molecule has 0 saturated heterocycles. The van der Waals surface area contributed by atoms with E-state index in [4.69, 9.17) is 14.7 Å². The Labute approximate surface area is 121 Å². The van der Waals surface area contributed by atoms with Crippen molar-refractivity contribution in [3.05, 3.63) is 24.5 Å². The van der Waals surface area contributed by atoms with Crippen LogP contribution < -0.4 is 11.1 Å². The van der Waals surface area contributed by atoms with Crippen molar-refractivity contribution in [2.75, 3.05) is 6.54 Å². The summed E-state index contributed by atoms with van der Waals surface area (Å²) in [6.45, 7) is 0.488. The van der Waals surface area contributed by atoms with E-state index in [0.717, 1.165) is 18.4 Å². The predicted octanol–water partition coefficient (Wildman–Crippen LogP) is 1.12. The molecule has 2 heterocycles. The molecule has 1 atom stereocenters. The lowest BCUT2D eigenvalue weighted by molar-refractivity contribution is -0.121. The third-order valence-corrected chi connectivity index (χ3v) is 3.60. The fraction of sp³-hybridized carbons (Fsp3) is 0.500. The Hall–Kier alpha value is -2.15. The van der Waals surface area contributed by atoms with Crippen LogP contribution in [0.5, 0.6) is 0 Å². The summed E-state index contributed by atoms with van der Waals surface area (Å²) < 4.78 is 10.1. The van der Waals surface area contributed by atoms with Gasteiger partial charge in [-0.25, -0.2) is 0 Å². The zero-order valence-corrected chi connectivity index (χ0v) is 11.6. The topological polar surface area (TPSA) is 107 Å². The minimum atomic E-state index is -0.0274. The number of nitrogens with zero attached hydrogens (tertiary/aromatic N) is 2. The molecule has 21 heavy (non-hydrogen) atoms. The number of nitrogens with one attached hydrogen (secondary N) is 1. The third-order valence-electron chi connectivity index (χ3n) is 3.60. The van der Waals surface area contributed by atoms with Crippen molar-refractivity contribution in [3.8, 4) is 11.4 Å². The largest absolute Gasteiger partial charge is 0.472 e. The normalized spacial score (nSPS) is 15.9. The number of aromatic nitrogens is 2. The average molecular weight is 290 g/mol. The number of rotatable bonds is 7. The van der Waals surface area contributed by atoms with E-state index in [0.29, 0.717) is 37.0 Å². The molecule has 3 rings (SSSR count). The first-order valence-corrected chi connectivity index (χ1v) is 7.11. The summed E-state index contributed by atoms with van der Waals surface area (Å²) in [5.41, 5.74) is 6.42. The van der Waals surface area contributed by atoms with Crippen molar-refractivity contribution in [1.82, 2.24) is 15.5 Å². The standard InChI is InChI=1S/C14H18N4O3/c15-7-11(9-1-2-9)16-12(19)3-4-13-17-14(18-21-13)10-5-6-20-8-10/h5-6,8-9,11H,1-4,7,15H2,(H,16,19). The smallest absolute Gasteiger partial charge is 0.227 e. The highest BCUT2D eigenvalue weighted by molar-refractivity contribution is 5.76. The van der Waals surface area contributed by atoms with Crippen LogP contribution in [0.3, 0.4) is 0 Å². The summed E-state index contributed by atoms with van der Waals surface area (Å²) in [5, 5.41) is 6.82. The highest BCUT2D eigenvalue weighted by Gasteiger charge is 2.31. The van der Waals surface area contributed by atoms with E-state index in [9.17, 15) is 4.79 Å². The molecule has 2 aromatic rings. The van der Waals surface area contributed by atoms with Crippen LogP contribution in [0, 0.1) is 5.92 Å². The van der Waals surface area contributed by atoms with Gasteiger partial charge in [-0.3, -0.25) is 4.79 Å². The second-order valence-corrected chi connectivity index (χ2v) is 5.27. The summed E-state index contributed by atoms with van der Waals surface area (Å²) in [6, 6.07) is 1.85. The molecule has 0 radical (unpaired) electrons. The lowest BCUT2D eigenvalue weighted by atomic mass is 10.1. The zero-order chi connectivity index (χ0) is 14.7. The van der Waals surface area contributed by atoms with Gasteiger partial charge < -0.3 is 20.0 Å². The van der Waals surface area contributed by atoms with Crippen LogP contribution in [0.15, 0.2) is 27.5 Å². The highest BCUT2D eigenvalue weighted by Crippen LogP contribution is 2.32. The first-order chi connectivity index (χ1) is 10.3. The fourth-order valence-corrected chi connectivity index (χ4v) is 2.23. The Morgan fingerprint density at radius 3 is 3.05 bits per heavy atom. The van der Waals surface area contributed by atoms with Crippen molar-refractivity contribution in [2.24, 2.45) is 11.7 Å². The Bertz CT molecular complexity index is 589. The predicted molar refractivity (Wildman–Crippen MR) is 74.0 cm³/mol. The molecule has 2 aromatic heterocycles. The number of carbonyl (C=O) groups is 1. The summed E-state index contributed by atoms with van der Waals surface area (Å²) in [4.78, 5) is 16.1. The van der Waals surface area contributed by atoms with Crippen molar-refractivity contribution >= 4 is 5.91 Å². The molecule has 1 amide bonds. The fourth-order valence-electron chi connectivity index (χ4n) is 2.23. The van der Waals surface area contributed by atoms with Crippen LogP contribution in [0.25, 0.3) is 11.4 Å². The molecule has 3 N–H and O–H groups in total. The summed E-state index contributed by atoms with van der Waals surface area (Å²) >= 11 is 0. The maximum atomic E-state index is 11.9. The van der Waals surface area contributed by atoms with Crippen LogP contribution in [0.4, 0.5) is 0 Å². The van der Waals surface area contributed by atoms with Gasteiger partial charge in [0.05, 0.1) is 11.8 Å². The van der Waals surface area contributed by atoms with Crippen molar-refractivity contribution in [2.45, 2.75) is 31.7 Å². The van der Waals surface area contributed by atoms with Gasteiger partial charge in [-0.1, -0.05) is 5.16 Å². The van der Waals surface area contributed by atoms with Gasteiger partial charge in [-0.2, -0.15) is 4.98 Å². The molecule has 0 bridgehead atoms. The molecule has 0 aliphatic heterocycles. The monoisotopic (exact) mass is 290 g/mol. The molecule has 0 aromatic carbocycles. The molecule has 0 spiro atoms. The first kappa shape index (κ1) is 13.8. The zero-order valence-electron chi connectivity index (χ0n) is 11.6. The van der Waals surface area contributed by atoms with E-state index < -0.39 is 0 Å². The number of hydrogen-bond donors (Lipinski definition) is 2. The summed E-state index contributed by atoms with van der Waals surface area (Å²) in [7, 11) is 0. The number of amides is 1. The minimum Gasteiger partial charge on any atom is -0.472 e. The van der Waals surface area contributed by atoms with Gasteiger partial charge in [-0.15, -0.1) is 0 Å². The van der Waals surface area contributed by atoms with Gasteiger partial charge in [-0.05, 0) is 24.8 Å². The van der Waals surface area contributed by atoms with E-state index in [1.807, 2.05) is 0 Å². The lowest BCUT2D eigenvalue weighted by Crippen LogP contribution is -2.41. The van der Waals surface area contributed by atoms with Crippen LogP contribution >= 0.6 is 0 Å². The molecule has 1 saturated carbocycles. The second-order valence-electron chi connectivity index (χ2n) is 5.27. The molecule has 1 aliphatic rings. The molecular formula is C14H18N4O3. The molecule has 1 fully saturated rings.